The van der Waals surface area contributed by atoms with E-state index in [-0.39, 0.29) is 23.6 Å². The molecule has 7 nitrogen and oxygen atoms in total. The van der Waals surface area contributed by atoms with Gasteiger partial charge in [0.2, 0.25) is 5.91 Å². The van der Waals surface area contributed by atoms with Gasteiger partial charge in [0.15, 0.2) is 5.16 Å². The van der Waals surface area contributed by atoms with Crippen LogP contribution in [0.1, 0.15) is 30.6 Å². The maximum atomic E-state index is 12.9. The summed E-state index contributed by atoms with van der Waals surface area (Å²) < 4.78 is 0. The predicted octanol–water partition coefficient (Wildman–Crippen LogP) is 3.75. The van der Waals surface area contributed by atoms with Crippen LogP contribution in [-0.4, -0.2) is 64.7 Å². The van der Waals surface area contributed by atoms with Crippen LogP contribution in [0.5, 0.6) is 0 Å². The Bertz CT molecular complexity index is 946. The summed E-state index contributed by atoms with van der Waals surface area (Å²) in [7, 11) is 0. The Morgan fingerprint density at radius 3 is 2.71 bits per heavy atom. The second-order valence-corrected chi connectivity index (χ2v) is 8.98. The molecule has 2 heterocycles. The van der Waals surface area contributed by atoms with E-state index >= 15 is 0 Å². The van der Waals surface area contributed by atoms with Crippen molar-refractivity contribution in [3.63, 3.8) is 0 Å². The van der Waals surface area contributed by atoms with Gasteiger partial charge in [0.25, 0.3) is 5.91 Å². The molecule has 166 valence electrons. The third kappa shape index (κ3) is 6.24. The minimum Gasteiger partial charge on any atom is -0.355 e. The van der Waals surface area contributed by atoms with Crippen molar-refractivity contribution < 1.29 is 9.59 Å². The molecule has 0 aliphatic carbocycles. The molecule has 1 N–H and O–H groups in total. The van der Waals surface area contributed by atoms with E-state index in [9.17, 15) is 9.59 Å². The number of amides is 2. The third-order valence-electron chi connectivity index (χ3n) is 4.88. The topological polar surface area (TPSA) is 78.4 Å². The number of hydrogen-bond donors (Lipinski definition) is 1. The van der Waals surface area contributed by atoms with Crippen LogP contribution in [0.25, 0.3) is 0 Å². The molecule has 1 atom stereocenters. The summed E-state index contributed by atoms with van der Waals surface area (Å²) in [6, 6.07) is 8.75. The summed E-state index contributed by atoms with van der Waals surface area (Å²) >= 11 is 13.7. The Hall–Kier alpha value is -2.03. The summed E-state index contributed by atoms with van der Waals surface area (Å²) in [5.41, 5.74) is 0.509. The van der Waals surface area contributed by atoms with Crippen LogP contribution in [0, 0.1) is 0 Å². The van der Waals surface area contributed by atoms with Gasteiger partial charge in [-0.2, -0.15) is 0 Å². The van der Waals surface area contributed by atoms with Gasteiger partial charge in [0, 0.05) is 38.3 Å². The first-order valence-electron chi connectivity index (χ1n) is 10.1. The molecule has 10 heteroatoms. The van der Waals surface area contributed by atoms with Gasteiger partial charge < -0.3 is 15.1 Å². The molecule has 0 saturated carbocycles. The van der Waals surface area contributed by atoms with Gasteiger partial charge in [-0.1, -0.05) is 54.0 Å². The molecule has 2 amide bonds. The molecule has 0 radical (unpaired) electrons. The molecule has 1 aliphatic heterocycles. The van der Waals surface area contributed by atoms with Crippen LogP contribution < -0.4 is 10.2 Å². The molecule has 1 aromatic carbocycles. The quantitative estimate of drug-likeness (QED) is 0.368. The maximum absolute atomic E-state index is 12.9. The third-order valence-corrected chi connectivity index (χ3v) is 6.25. The summed E-state index contributed by atoms with van der Waals surface area (Å²) in [4.78, 5) is 37.5. The standard InChI is InChI=1S/C21H25Cl2N5O2S/c1-3-8-24-19(29)13-31-21-25-17(23)11-18(26-21)27-9-10-28(14(2)12-27)20(30)15-6-4-5-7-16(15)22/h4-7,11,14H,3,8-10,12-13H2,1-2H3,(H,24,29). The highest BCUT2D eigenvalue weighted by molar-refractivity contribution is 7.99. The van der Waals surface area contributed by atoms with Gasteiger partial charge in [-0.15, -0.1) is 0 Å². The van der Waals surface area contributed by atoms with Gasteiger partial charge >= 0.3 is 0 Å². The highest BCUT2D eigenvalue weighted by atomic mass is 35.5. The Morgan fingerprint density at radius 1 is 1.23 bits per heavy atom. The SMILES string of the molecule is CCCNC(=O)CSc1nc(Cl)cc(N2CCN(C(=O)c3ccccc3Cl)C(C)C2)n1. The lowest BCUT2D eigenvalue weighted by Crippen LogP contribution is -2.54. The first kappa shape index (κ1) is 23.6. The van der Waals surface area contributed by atoms with Crippen molar-refractivity contribution in [2.24, 2.45) is 0 Å². The average Bonchev–Trinajstić information content (AvgIpc) is 2.75. The molecule has 2 aromatic rings. The molecule has 1 aromatic heterocycles. The second-order valence-electron chi connectivity index (χ2n) is 7.24. The fraction of sp³-hybridized carbons (Fsp3) is 0.429. The van der Waals surface area contributed by atoms with Crippen molar-refractivity contribution in [1.82, 2.24) is 20.2 Å². The molecule has 31 heavy (non-hydrogen) atoms. The van der Waals surface area contributed by atoms with Gasteiger partial charge in [-0.3, -0.25) is 9.59 Å². The normalized spacial score (nSPS) is 16.3. The number of nitrogens with one attached hydrogen (secondary N) is 1. The smallest absolute Gasteiger partial charge is 0.255 e. The van der Waals surface area contributed by atoms with E-state index in [1.54, 1.807) is 18.2 Å². The van der Waals surface area contributed by atoms with Crippen LogP contribution >= 0.6 is 35.0 Å². The van der Waals surface area contributed by atoms with Crippen LogP contribution in [0.3, 0.4) is 0 Å². The Kier molecular flexibility index (Phi) is 8.40. The number of hydrogen-bond acceptors (Lipinski definition) is 6. The Labute approximate surface area is 196 Å². The summed E-state index contributed by atoms with van der Waals surface area (Å²) in [5.74, 6) is 0.786. The van der Waals surface area contributed by atoms with E-state index in [2.05, 4.69) is 20.2 Å². The first-order valence-corrected chi connectivity index (χ1v) is 11.9. The van der Waals surface area contributed by atoms with E-state index < -0.39 is 0 Å². The zero-order chi connectivity index (χ0) is 22.4. The molecular weight excluding hydrogens is 457 g/mol. The van der Waals surface area contributed by atoms with Crippen molar-refractivity contribution >= 4 is 52.6 Å². The van der Waals surface area contributed by atoms with Gasteiger partial charge in [-0.05, 0) is 25.5 Å². The summed E-state index contributed by atoms with van der Waals surface area (Å²) in [6.07, 6.45) is 0.886. The largest absolute Gasteiger partial charge is 0.355 e. The van der Waals surface area contributed by atoms with E-state index in [1.807, 2.05) is 30.9 Å². The number of rotatable bonds is 7. The highest BCUT2D eigenvalue weighted by Crippen LogP contribution is 2.25. The monoisotopic (exact) mass is 481 g/mol. The number of benzene rings is 1. The predicted molar refractivity (Wildman–Crippen MR) is 125 cm³/mol. The summed E-state index contributed by atoms with van der Waals surface area (Å²) in [5, 5.41) is 4.06. The van der Waals surface area contributed by atoms with Crippen LogP contribution in [-0.2, 0) is 4.79 Å². The number of thioether (sulfide) groups is 1. The zero-order valence-corrected chi connectivity index (χ0v) is 19.8. The van der Waals surface area contributed by atoms with Gasteiger partial charge in [0.05, 0.1) is 16.3 Å². The lowest BCUT2D eigenvalue weighted by molar-refractivity contribution is -0.118. The van der Waals surface area contributed by atoms with Crippen LogP contribution in [0.4, 0.5) is 5.82 Å². The maximum Gasteiger partial charge on any atom is 0.255 e. The van der Waals surface area contributed by atoms with E-state index in [0.29, 0.717) is 52.9 Å². The minimum absolute atomic E-state index is 0.0396. The minimum atomic E-state index is -0.0761. The van der Waals surface area contributed by atoms with Crippen molar-refractivity contribution in [3.8, 4) is 0 Å². The van der Waals surface area contributed by atoms with E-state index in [1.165, 1.54) is 11.8 Å². The number of anilines is 1. The molecule has 1 fully saturated rings. The lowest BCUT2D eigenvalue weighted by atomic mass is 10.1. The van der Waals surface area contributed by atoms with Crippen molar-refractivity contribution in [2.75, 3.05) is 36.8 Å². The average molecular weight is 482 g/mol. The first-order chi connectivity index (χ1) is 14.9. The van der Waals surface area contributed by atoms with Crippen molar-refractivity contribution in [1.29, 1.82) is 0 Å². The molecular formula is C21H25Cl2N5O2S. The van der Waals surface area contributed by atoms with Crippen LogP contribution in [0.15, 0.2) is 35.5 Å². The molecule has 1 saturated heterocycles. The molecule has 1 aliphatic rings. The number of halogens is 2. The van der Waals surface area contributed by atoms with E-state index in [4.69, 9.17) is 23.2 Å². The summed E-state index contributed by atoms with van der Waals surface area (Å²) in [6.45, 7) is 6.39. The van der Waals surface area contributed by atoms with E-state index in [0.717, 1.165) is 6.42 Å². The highest BCUT2D eigenvalue weighted by Gasteiger charge is 2.30. The van der Waals surface area contributed by atoms with Gasteiger partial charge in [0.1, 0.15) is 11.0 Å². The number of nitrogens with zero attached hydrogens (tertiary/aromatic N) is 4. The number of carbonyl (C=O) groups is 2. The zero-order valence-electron chi connectivity index (χ0n) is 17.5. The molecule has 0 bridgehead atoms. The molecule has 3 rings (SSSR count). The fourth-order valence-electron chi connectivity index (χ4n) is 3.31. The molecule has 0 spiro atoms. The second kappa shape index (κ2) is 11.0. The Balaban J connectivity index is 1.65. The Morgan fingerprint density at radius 2 is 2.00 bits per heavy atom. The lowest BCUT2D eigenvalue weighted by Gasteiger charge is -2.40. The van der Waals surface area contributed by atoms with Crippen LogP contribution in [0.2, 0.25) is 10.2 Å². The van der Waals surface area contributed by atoms with Crippen molar-refractivity contribution in [3.05, 3.63) is 46.1 Å². The molecule has 1 unspecified atom stereocenters. The van der Waals surface area contributed by atoms with Gasteiger partial charge in [-0.25, -0.2) is 9.97 Å². The number of carbonyl (C=O) groups excluding carboxylic acids is 2. The van der Waals surface area contributed by atoms with Crippen molar-refractivity contribution in [2.45, 2.75) is 31.5 Å². The fourth-order valence-corrected chi connectivity index (χ4v) is 4.44. The number of piperazine rings is 1. The number of aromatic nitrogens is 2.